The highest BCUT2D eigenvalue weighted by Gasteiger charge is 2.13. The quantitative estimate of drug-likeness (QED) is 0.488. The van der Waals surface area contributed by atoms with Crippen LogP contribution in [-0.4, -0.2) is 29.0 Å². The topological polar surface area (TPSA) is 130 Å². The smallest absolute Gasteiger partial charge is 0.343 e. The summed E-state index contributed by atoms with van der Waals surface area (Å²) in [5, 5.41) is 19.9. The van der Waals surface area contributed by atoms with E-state index >= 15 is 0 Å². The van der Waals surface area contributed by atoms with Gasteiger partial charge >= 0.3 is 17.9 Å². The minimum absolute atomic E-state index is 0.0329. The fraction of sp³-hybridized carbons (Fsp3) is 0. The van der Waals surface area contributed by atoms with E-state index in [-0.39, 0.29) is 33.8 Å². The van der Waals surface area contributed by atoms with Gasteiger partial charge in [-0.15, -0.1) is 0 Å². The largest absolute Gasteiger partial charge is 0.545 e. The van der Waals surface area contributed by atoms with E-state index in [0.29, 0.717) is 0 Å². The Balaban J connectivity index is 1.66. The van der Waals surface area contributed by atoms with E-state index in [1.165, 1.54) is 66.7 Å². The Morgan fingerprint density at radius 3 is 1.47 bits per heavy atom. The first-order valence-electron chi connectivity index (χ1n) is 8.52. The second-order valence-corrected chi connectivity index (χ2v) is 6.00. The van der Waals surface area contributed by atoms with Crippen LogP contribution in [0.4, 0.5) is 0 Å². The van der Waals surface area contributed by atoms with E-state index < -0.39 is 23.9 Å². The molecule has 3 aromatic carbocycles. The van der Waals surface area contributed by atoms with Crippen LogP contribution in [0.5, 0.6) is 11.5 Å². The van der Waals surface area contributed by atoms with Crippen LogP contribution in [0, 0.1) is 0 Å². The minimum Gasteiger partial charge on any atom is -0.545 e. The molecule has 0 fully saturated rings. The Labute approximate surface area is 169 Å². The lowest BCUT2D eigenvalue weighted by Gasteiger charge is -2.08. The molecule has 0 aromatic heterocycles. The first-order chi connectivity index (χ1) is 14.3. The first kappa shape index (κ1) is 20.3. The summed E-state index contributed by atoms with van der Waals surface area (Å²) >= 11 is 0. The molecule has 0 saturated carbocycles. The van der Waals surface area contributed by atoms with E-state index in [1.54, 1.807) is 0 Å². The third kappa shape index (κ3) is 4.87. The summed E-state index contributed by atoms with van der Waals surface area (Å²) in [5.41, 5.74) is -0.100. The highest BCUT2D eigenvalue weighted by Crippen LogP contribution is 2.20. The summed E-state index contributed by atoms with van der Waals surface area (Å²) in [6.45, 7) is 0. The van der Waals surface area contributed by atoms with Gasteiger partial charge in [-0.25, -0.2) is 14.4 Å². The number of hydrogen-bond donors (Lipinski definition) is 1. The van der Waals surface area contributed by atoms with Crippen molar-refractivity contribution in [3.05, 3.63) is 95.1 Å². The standard InChI is InChI=1S/C22H14O8/c23-19(24)13-3-1-5-15(11-13)21(27)29-17-7-9-18(10-8-17)30-22(28)16-6-2-4-14(12-16)20(25)26/h1-12H,(H,23,24)(H,25,26)/p-1. The van der Waals surface area contributed by atoms with E-state index in [2.05, 4.69) is 0 Å². The number of rotatable bonds is 6. The Kier molecular flexibility index (Phi) is 5.88. The van der Waals surface area contributed by atoms with Crippen LogP contribution in [-0.2, 0) is 0 Å². The molecule has 0 saturated heterocycles. The number of ether oxygens (including phenoxy) is 2. The number of benzene rings is 3. The maximum Gasteiger partial charge on any atom is 0.343 e. The number of carbonyl (C=O) groups is 4. The van der Waals surface area contributed by atoms with Crippen molar-refractivity contribution in [3.63, 3.8) is 0 Å². The van der Waals surface area contributed by atoms with Gasteiger partial charge in [0.1, 0.15) is 11.5 Å². The van der Waals surface area contributed by atoms with Crippen LogP contribution in [0.25, 0.3) is 0 Å². The van der Waals surface area contributed by atoms with Crippen molar-refractivity contribution in [1.29, 1.82) is 0 Å². The van der Waals surface area contributed by atoms with Crippen molar-refractivity contribution in [2.45, 2.75) is 0 Å². The van der Waals surface area contributed by atoms with Gasteiger partial charge in [-0.2, -0.15) is 0 Å². The van der Waals surface area contributed by atoms with Gasteiger partial charge in [0.2, 0.25) is 0 Å². The van der Waals surface area contributed by atoms with E-state index in [0.717, 1.165) is 6.07 Å². The van der Waals surface area contributed by atoms with Crippen LogP contribution < -0.4 is 14.6 Å². The molecule has 0 unspecified atom stereocenters. The van der Waals surface area contributed by atoms with Crippen molar-refractivity contribution in [2.75, 3.05) is 0 Å². The summed E-state index contributed by atoms with van der Waals surface area (Å²) in [6, 6.07) is 16.2. The van der Waals surface area contributed by atoms with E-state index in [4.69, 9.17) is 14.6 Å². The Bertz CT molecular complexity index is 1040. The SMILES string of the molecule is O=C([O-])c1cccc(C(=O)Oc2ccc(OC(=O)c3cccc(C(=O)O)c3)cc2)c1. The molecule has 0 spiro atoms. The minimum atomic E-state index is -1.41. The average Bonchev–Trinajstić information content (AvgIpc) is 2.75. The monoisotopic (exact) mass is 405 g/mol. The third-order valence-electron chi connectivity index (χ3n) is 3.92. The number of aromatic carboxylic acids is 2. The Morgan fingerprint density at radius 1 is 0.633 bits per heavy atom. The molecule has 150 valence electrons. The molecule has 30 heavy (non-hydrogen) atoms. The molecule has 0 aliphatic carbocycles. The van der Waals surface area contributed by atoms with Crippen LogP contribution in [0.1, 0.15) is 41.4 Å². The van der Waals surface area contributed by atoms with Crippen molar-refractivity contribution in [1.82, 2.24) is 0 Å². The van der Waals surface area contributed by atoms with Gasteiger partial charge in [0, 0.05) is 0 Å². The van der Waals surface area contributed by atoms with E-state index in [9.17, 15) is 24.3 Å². The zero-order valence-corrected chi connectivity index (χ0v) is 15.2. The summed E-state index contributed by atoms with van der Waals surface area (Å²) in [5.74, 6) is -3.80. The van der Waals surface area contributed by atoms with Crippen LogP contribution in [0.2, 0.25) is 0 Å². The molecule has 3 rings (SSSR count). The normalized spacial score (nSPS) is 10.1. The zero-order valence-electron chi connectivity index (χ0n) is 15.2. The number of esters is 2. The predicted octanol–water partition coefficient (Wildman–Crippen LogP) is 2.19. The summed E-state index contributed by atoms with van der Waals surface area (Å²) < 4.78 is 10.3. The van der Waals surface area contributed by atoms with Gasteiger partial charge < -0.3 is 24.5 Å². The Hall–Kier alpha value is -4.46. The van der Waals surface area contributed by atoms with Gasteiger partial charge in [0.25, 0.3) is 0 Å². The summed E-state index contributed by atoms with van der Waals surface area (Å²) in [4.78, 5) is 46.2. The Morgan fingerprint density at radius 2 is 1.03 bits per heavy atom. The van der Waals surface area contributed by atoms with Gasteiger partial charge in [0.05, 0.1) is 22.7 Å². The molecule has 3 aromatic rings. The number of carbonyl (C=O) groups excluding carboxylic acids is 3. The maximum absolute atomic E-state index is 12.2. The van der Waals surface area contributed by atoms with Crippen LogP contribution in [0.3, 0.4) is 0 Å². The molecular weight excluding hydrogens is 392 g/mol. The second kappa shape index (κ2) is 8.70. The van der Waals surface area contributed by atoms with Crippen LogP contribution in [0.15, 0.2) is 72.8 Å². The number of carboxylic acid groups (broad SMARTS) is 2. The maximum atomic E-state index is 12.2. The second-order valence-electron chi connectivity index (χ2n) is 6.00. The molecule has 8 heteroatoms. The zero-order chi connectivity index (χ0) is 21.7. The molecule has 0 aliphatic heterocycles. The lowest BCUT2D eigenvalue weighted by Crippen LogP contribution is -2.22. The fourth-order valence-corrected chi connectivity index (χ4v) is 2.46. The van der Waals surface area contributed by atoms with Crippen molar-refractivity contribution in [2.24, 2.45) is 0 Å². The average molecular weight is 405 g/mol. The molecule has 0 radical (unpaired) electrons. The number of carboxylic acids is 2. The molecule has 0 bridgehead atoms. The molecule has 1 N–H and O–H groups in total. The van der Waals surface area contributed by atoms with Gasteiger partial charge in [-0.1, -0.05) is 18.2 Å². The van der Waals surface area contributed by atoms with E-state index in [1.807, 2.05) is 0 Å². The first-order valence-corrected chi connectivity index (χ1v) is 8.52. The number of hydrogen-bond acceptors (Lipinski definition) is 7. The lowest BCUT2D eigenvalue weighted by atomic mass is 10.1. The van der Waals surface area contributed by atoms with Gasteiger partial charge in [-0.05, 0) is 60.2 Å². The van der Waals surface area contributed by atoms with Crippen molar-refractivity contribution >= 4 is 23.9 Å². The predicted molar refractivity (Wildman–Crippen MR) is 101 cm³/mol. The fourth-order valence-electron chi connectivity index (χ4n) is 2.46. The molecule has 0 heterocycles. The molecule has 0 atom stereocenters. The van der Waals surface area contributed by atoms with Crippen LogP contribution >= 0.6 is 0 Å². The molecule has 0 amide bonds. The highest BCUT2D eigenvalue weighted by atomic mass is 16.5. The molecular formula is C22H13O8-. The molecule has 0 aliphatic rings. The highest BCUT2D eigenvalue weighted by molar-refractivity contribution is 5.96. The summed E-state index contributed by atoms with van der Waals surface area (Å²) in [7, 11) is 0. The van der Waals surface area contributed by atoms with Crippen molar-refractivity contribution in [3.8, 4) is 11.5 Å². The lowest BCUT2D eigenvalue weighted by molar-refractivity contribution is -0.255. The summed E-state index contributed by atoms with van der Waals surface area (Å²) in [6.07, 6.45) is 0. The third-order valence-corrected chi connectivity index (χ3v) is 3.92. The van der Waals surface area contributed by atoms with Gasteiger partial charge in [-0.3, -0.25) is 0 Å². The van der Waals surface area contributed by atoms with Gasteiger partial charge in [0.15, 0.2) is 0 Å². The molecule has 8 nitrogen and oxygen atoms in total. The van der Waals surface area contributed by atoms with Crippen molar-refractivity contribution < 1.29 is 38.9 Å².